The zero-order valence-electron chi connectivity index (χ0n) is 12.4. The van der Waals surface area contributed by atoms with Crippen LogP contribution in [0.3, 0.4) is 0 Å². The molecule has 0 saturated carbocycles. The Morgan fingerprint density at radius 2 is 1.30 bits per heavy atom. The lowest BCUT2D eigenvalue weighted by Gasteiger charge is -2.36. The SMILES string of the molecule is OC1(c2ccccc2)c2ccccc2C(=S)N1c1ccccc1. The number of hydrogen-bond acceptors (Lipinski definition) is 2. The fourth-order valence-corrected chi connectivity index (χ4v) is 3.61. The number of aliphatic hydroxyl groups is 1. The number of fused-ring (bicyclic) bond motifs is 1. The molecule has 0 spiro atoms. The Hall–Kier alpha value is -2.49. The maximum atomic E-state index is 11.7. The van der Waals surface area contributed by atoms with E-state index in [1.807, 2.05) is 89.8 Å². The molecule has 3 aromatic carbocycles. The van der Waals surface area contributed by atoms with Crippen LogP contribution in [0.4, 0.5) is 5.69 Å². The van der Waals surface area contributed by atoms with Gasteiger partial charge in [0.05, 0.1) is 0 Å². The molecular formula is C20H15NOS. The molecule has 1 heterocycles. The third kappa shape index (κ3) is 2.01. The molecule has 1 atom stereocenters. The minimum atomic E-state index is -1.30. The van der Waals surface area contributed by atoms with Crippen LogP contribution in [0.25, 0.3) is 0 Å². The predicted molar refractivity (Wildman–Crippen MR) is 96.5 cm³/mol. The van der Waals surface area contributed by atoms with Crippen LogP contribution in [0.2, 0.25) is 0 Å². The van der Waals surface area contributed by atoms with Gasteiger partial charge in [-0.05, 0) is 12.1 Å². The van der Waals surface area contributed by atoms with Crippen molar-refractivity contribution in [3.63, 3.8) is 0 Å². The minimum Gasteiger partial charge on any atom is -0.363 e. The number of anilines is 1. The Bertz CT molecular complexity index is 863. The molecule has 4 rings (SSSR count). The van der Waals surface area contributed by atoms with Crippen LogP contribution in [-0.4, -0.2) is 10.1 Å². The van der Waals surface area contributed by atoms with E-state index in [9.17, 15) is 5.11 Å². The number of nitrogens with zero attached hydrogens (tertiary/aromatic N) is 1. The van der Waals surface area contributed by atoms with Crippen molar-refractivity contribution in [1.29, 1.82) is 0 Å². The average Bonchev–Trinajstić information content (AvgIpc) is 2.86. The first-order valence-electron chi connectivity index (χ1n) is 7.50. The van der Waals surface area contributed by atoms with E-state index < -0.39 is 5.72 Å². The molecule has 1 aliphatic heterocycles. The van der Waals surface area contributed by atoms with E-state index >= 15 is 0 Å². The monoisotopic (exact) mass is 317 g/mol. The molecule has 2 nitrogen and oxygen atoms in total. The number of hydrogen-bond donors (Lipinski definition) is 1. The smallest absolute Gasteiger partial charge is 0.197 e. The summed E-state index contributed by atoms with van der Waals surface area (Å²) >= 11 is 5.69. The molecule has 0 aromatic heterocycles. The molecule has 0 radical (unpaired) electrons. The van der Waals surface area contributed by atoms with Crippen molar-refractivity contribution in [2.75, 3.05) is 4.90 Å². The highest BCUT2D eigenvalue weighted by Gasteiger charge is 2.48. The standard InChI is InChI=1S/C20H15NOS/c22-20(15-9-3-1-4-10-15)18-14-8-7-13-17(18)19(23)21(20)16-11-5-2-6-12-16/h1-14,22H. The largest absolute Gasteiger partial charge is 0.363 e. The highest BCUT2D eigenvalue weighted by Crippen LogP contribution is 2.44. The Kier molecular flexibility index (Phi) is 3.26. The minimum absolute atomic E-state index is 0.637. The summed E-state index contributed by atoms with van der Waals surface area (Å²) in [4.78, 5) is 2.47. The van der Waals surface area contributed by atoms with E-state index in [1.54, 1.807) is 0 Å². The quantitative estimate of drug-likeness (QED) is 0.721. The second kappa shape index (κ2) is 5.30. The average molecular weight is 317 g/mol. The first kappa shape index (κ1) is 14.1. The molecule has 0 bridgehead atoms. The third-order valence-corrected chi connectivity index (χ3v) is 4.65. The van der Waals surface area contributed by atoms with E-state index in [2.05, 4.69) is 0 Å². The second-order valence-electron chi connectivity index (χ2n) is 5.56. The van der Waals surface area contributed by atoms with Crippen molar-refractivity contribution in [1.82, 2.24) is 0 Å². The number of para-hydroxylation sites is 1. The van der Waals surface area contributed by atoms with Gasteiger partial charge in [0.25, 0.3) is 0 Å². The maximum absolute atomic E-state index is 11.7. The molecule has 1 aliphatic rings. The van der Waals surface area contributed by atoms with Crippen molar-refractivity contribution >= 4 is 22.9 Å². The highest BCUT2D eigenvalue weighted by atomic mass is 32.1. The Morgan fingerprint density at radius 3 is 2.00 bits per heavy atom. The van der Waals surface area contributed by atoms with E-state index in [4.69, 9.17) is 12.2 Å². The van der Waals surface area contributed by atoms with Crippen molar-refractivity contribution in [3.8, 4) is 0 Å². The van der Waals surface area contributed by atoms with Gasteiger partial charge in [-0.15, -0.1) is 0 Å². The van der Waals surface area contributed by atoms with Crippen molar-refractivity contribution in [2.45, 2.75) is 5.72 Å². The van der Waals surface area contributed by atoms with Gasteiger partial charge in [-0.3, -0.25) is 4.90 Å². The number of thiocarbonyl (C=S) groups is 1. The maximum Gasteiger partial charge on any atom is 0.197 e. The fourth-order valence-electron chi connectivity index (χ4n) is 3.20. The van der Waals surface area contributed by atoms with Crippen molar-refractivity contribution < 1.29 is 5.11 Å². The van der Waals surface area contributed by atoms with Crippen LogP contribution in [-0.2, 0) is 5.72 Å². The number of benzene rings is 3. The lowest BCUT2D eigenvalue weighted by molar-refractivity contribution is 0.0966. The van der Waals surface area contributed by atoms with Gasteiger partial charge in [0.15, 0.2) is 5.72 Å². The van der Waals surface area contributed by atoms with Crippen LogP contribution in [0, 0.1) is 0 Å². The number of rotatable bonds is 2. The zero-order chi connectivity index (χ0) is 15.9. The molecule has 0 saturated heterocycles. The molecule has 0 amide bonds. The summed E-state index contributed by atoms with van der Waals surface area (Å²) in [6, 6.07) is 27.2. The summed E-state index contributed by atoms with van der Waals surface area (Å²) in [5.74, 6) is 0. The first-order valence-corrected chi connectivity index (χ1v) is 7.91. The van der Waals surface area contributed by atoms with E-state index in [-0.39, 0.29) is 0 Å². The Labute approximate surface area is 140 Å². The van der Waals surface area contributed by atoms with Gasteiger partial charge in [-0.25, -0.2) is 0 Å². The van der Waals surface area contributed by atoms with Crippen LogP contribution >= 0.6 is 12.2 Å². The normalized spacial score (nSPS) is 19.7. The highest BCUT2D eigenvalue weighted by molar-refractivity contribution is 7.81. The molecule has 3 heteroatoms. The van der Waals surface area contributed by atoms with E-state index in [0.29, 0.717) is 4.99 Å². The van der Waals surface area contributed by atoms with E-state index in [0.717, 1.165) is 22.4 Å². The van der Waals surface area contributed by atoms with Gasteiger partial charge in [0.2, 0.25) is 0 Å². The lowest BCUT2D eigenvalue weighted by atomic mass is 9.93. The molecule has 23 heavy (non-hydrogen) atoms. The fraction of sp³-hybridized carbons (Fsp3) is 0.0500. The predicted octanol–water partition coefficient (Wildman–Crippen LogP) is 4.08. The Balaban J connectivity index is 2.01. The Morgan fingerprint density at radius 1 is 0.739 bits per heavy atom. The van der Waals surface area contributed by atoms with Crippen LogP contribution < -0.4 is 4.90 Å². The summed E-state index contributed by atoms with van der Waals surface area (Å²) in [5, 5.41) is 11.7. The second-order valence-corrected chi connectivity index (χ2v) is 5.95. The zero-order valence-corrected chi connectivity index (χ0v) is 13.2. The van der Waals surface area contributed by atoms with Crippen LogP contribution in [0.15, 0.2) is 84.9 Å². The summed E-state index contributed by atoms with van der Waals surface area (Å²) in [7, 11) is 0. The molecule has 1 N–H and O–H groups in total. The molecule has 112 valence electrons. The van der Waals surface area contributed by atoms with Gasteiger partial charge in [-0.1, -0.05) is 85.0 Å². The summed E-state index contributed by atoms with van der Waals surface area (Å²) in [5.41, 5.74) is 2.10. The van der Waals surface area contributed by atoms with Crippen molar-refractivity contribution in [3.05, 3.63) is 102 Å². The van der Waals surface area contributed by atoms with Crippen LogP contribution in [0.5, 0.6) is 0 Å². The van der Waals surface area contributed by atoms with Gasteiger partial charge in [-0.2, -0.15) is 0 Å². The summed E-state index contributed by atoms with van der Waals surface area (Å²) in [6.45, 7) is 0. The van der Waals surface area contributed by atoms with Gasteiger partial charge in [0.1, 0.15) is 4.99 Å². The van der Waals surface area contributed by atoms with Gasteiger partial charge < -0.3 is 5.11 Å². The van der Waals surface area contributed by atoms with Crippen molar-refractivity contribution in [2.24, 2.45) is 0 Å². The van der Waals surface area contributed by atoms with Crippen LogP contribution in [0.1, 0.15) is 16.7 Å². The molecule has 1 unspecified atom stereocenters. The molecule has 0 fully saturated rings. The molecule has 0 aliphatic carbocycles. The van der Waals surface area contributed by atoms with Gasteiger partial charge >= 0.3 is 0 Å². The lowest BCUT2D eigenvalue weighted by Crippen LogP contribution is -2.44. The molecular weight excluding hydrogens is 302 g/mol. The first-order chi connectivity index (χ1) is 11.2. The van der Waals surface area contributed by atoms with Gasteiger partial charge in [0, 0.05) is 22.4 Å². The van der Waals surface area contributed by atoms with E-state index in [1.165, 1.54) is 0 Å². The third-order valence-electron chi connectivity index (χ3n) is 4.25. The summed E-state index contributed by atoms with van der Waals surface area (Å²) in [6.07, 6.45) is 0. The molecule has 3 aromatic rings. The summed E-state index contributed by atoms with van der Waals surface area (Å²) < 4.78 is 0. The topological polar surface area (TPSA) is 23.5 Å².